The monoisotopic (exact) mass is 403 g/mol. The summed E-state index contributed by atoms with van der Waals surface area (Å²) < 4.78 is 18.4. The number of carbonyl (C=O) groups is 2. The first-order valence-electron chi connectivity index (χ1n) is 8.83. The van der Waals surface area contributed by atoms with E-state index in [4.69, 9.17) is 4.74 Å². The molecule has 1 aromatic heterocycles. The number of amides is 2. The van der Waals surface area contributed by atoms with E-state index in [0.29, 0.717) is 42.3 Å². The van der Waals surface area contributed by atoms with Crippen molar-refractivity contribution in [3.63, 3.8) is 0 Å². The Morgan fingerprint density at radius 3 is 2.82 bits per heavy atom. The quantitative estimate of drug-likeness (QED) is 0.682. The topological polar surface area (TPSA) is 82.4 Å². The predicted molar refractivity (Wildman–Crippen MR) is 107 cm³/mol. The van der Waals surface area contributed by atoms with Crippen LogP contribution in [0.3, 0.4) is 0 Å². The highest BCUT2D eigenvalue weighted by molar-refractivity contribution is 7.16. The van der Waals surface area contributed by atoms with Gasteiger partial charge in [0.25, 0.3) is 0 Å². The number of rotatable bonds is 7. The van der Waals surface area contributed by atoms with E-state index in [1.54, 1.807) is 11.8 Å². The summed E-state index contributed by atoms with van der Waals surface area (Å²) >= 11 is 1.28. The molecule has 0 fully saturated rings. The van der Waals surface area contributed by atoms with Crippen molar-refractivity contribution in [1.29, 1.82) is 5.26 Å². The minimum atomic E-state index is -0.601. The van der Waals surface area contributed by atoms with Crippen LogP contribution >= 0.6 is 11.3 Å². The van der Waals surface area contributed by atoms with Gasteiger partial charge in [-0.15, -0.1) is 11.3 Å². The largest absolute Gasteiger partial charge is 0.450 e. The number of carbonyl (C=O) groups excluding carboxylic acids is 2. The minimum Gasteiger partial charge on any atom is -0.450 e. The molecule has 148 valence electrons. The summed E-state index contributed by atoms with van der Waals surface area (Å²) in [4.78, 5) is 26.6. The SMILES string of the molecule is C=C/C=C(/CCC(=O)Nc1sc2c(c1C#N)CCN(C(=O)OCC)C2)C(=C)F. The maximum atomic E-state index is 13.3. The Hall–Kier alpha value is -2.92. The highest BCUT2D eigenvalue weighted by Crippen LogP contribution is 2.37. The number of hydrogen-bond donors (Lipinski definition) is 1. The Morgan fingerprint density at radius 1 is 1.46 bits per heavy atom. The fraction of sp³-hybridized carbons (Fsp3) is 0.350. The molecule has 0 aromatic carbocycles. The van der Waals surface area contributed by atoms with Gasteiger partial charge in [0.2, 0.25) is 5.91 Å². The number of thiophene rings is 1. The second kappa shape index (κ2) is 9.85. The van der Waals surface area contributed by atoms with Gasteiger partial charge in [0.15, 0.2) is 0 Å². The van der Waals surface area contributed by atoms with Crippen molar-refractivity contribution < 1.29 is 18.7 Å². The summed E-state index contributed by atoms with van der Waals surface area (Å²) in [6.07, 6.45) is 3.27. The number of nitrogens with zero attached hydrogens (tertiary/aromatic N) is 2. The number of ether oxygens (including phenoxy) is 1. The van der Waals surface area contributed by atoms with Crippen molar-refractivity contribution in [3.8, 4) is 6.07 Å². The summed E-state index contributed by atoms with van der Waals surface area (Å²) in [6.45, 7) is 9.60. The van der Waals surface area contributed by atoms with Crippen LogP contribution in [-0.2, 0) is 22.5 Å². The first kappa shape index (κ1) is 21.4. The highest BCUT2D eigenvalue weighted by Gasteiger charge is 2.28. The molecule has 2 amide bonds. The van der Waals surface area contributed by atoms with Crippen molar-refractivity contribution in [2.45, 2.75) is 32.7 Å². The molecule has 0 atom stereocenters. The molecular formula is C20H22FN3O3S. The van der Waals surface area contributed by atoms with Crippen LogP contribution in [0.5, 0.6) is 0 Å². The van der Waals surface area contributed by atoms with Crippen LogP contribution in [0.25, 0.3) is 0 Å². The van der Waals surface area contributed by atoms with Gasteiger partial charge >= 0.3 is 6.09 Å². The molecule has 0 saturated carbocycles. The molecule has 1 N–H and O–H groups in total. The van der Waals surface area contributed by atoms with Gasteiger partial charge in [-0.2, -0.15) is 5.26 Å². The maximum Gasteiger partial charge on any atom is 0.410 e. The van der Waals surface area contributed by atoms with Gasteiger partial charge < -0.3 is 15.0 Å². The minimum absolute atomic E-state index is 0.0466. The molecule has 1 aliphatic heterocycles. The van der Waals surface area contributed by atoms with E-state index >= 15 is 0 Å². The average molecular weight is 403 g/mol. The Balaban J connectivity index is 2.09. The molecule has 0 bridgehead atoms. The first-order chi connectivity index (χ1) is 13.4. The molecule has 6 nitrogen and oxygen atoms in total. The highest BCUT2D eigenvalue weighted by atomic mass is 32.1. The Kier molecular flexibility index (Phi) is 7.52. The van der Waals surface area contributed by atoms with Crippen LogP contribution in [0.1, 0.15) is 35.8 Å². The molecule has 0 saturated heterocycles. The fourth-order valence-corrected chi connectivity index (χ4v) is 4.10. The normalized spacial score (nSPS) is 13.3. The first-order valence-corrected chi connectivity index (χ1v) is 9.65. The summed E-state index contributed by atoms with van der Waals surface area (Å²) in [7, 11) is 0. The average Bonchev–Trinajstić information content (AvgIpc) is 3.00. The van der Waals surface area contributed by atoms with Crippen LogP contribution in [0.15, 0.2) is 36.7 Å². The van der Waals surface area contributed by atoms with Crippen molar-refractivity contribution in [1.82, 2.24) is 4.90 Å². The van der Waals surface area contributed by atoms with Gasteiger partial charge in [0, 0.05) is 17.8 Å². The number of anilines is 1. The third-order valence-electron chi connectivity index (χ3n) is 4.24. The number of halogens is 1. The van der Waals surface area contributed by atoms with E-state index in [1.165, 1.54) is 23.5 Å². The van der Waals surface area contributed by atoms with Crippen molar-refractivity contribution in [2.75, 3.05) is 18.5 Å². The zero-order chi connectivity index (χ0) is 20.7. The Morgan fingerprint density at radius 2 is 2.21 bits per heavy atom. The number of fused-ring (bicyclic) bond motifs is 1. The van der Waals surface area contributed by atoms with Crippen molar-refractivity contribution in [2.24, 2.45) is 0 Å². The molecular weight excluding hydrogens is 381 g/mol. The zero-order valence-corrected chi connectivity index (χ0v) is 16.5. The van der Waals surface area contributed by atoms with E-state index in [2.05, 4.69) is 24.5 Å². The summed E-state index contributed by atoms with van der Waals surface area (Å²) in [5.74, 6) is -0.926. The lowest BCUT2D eigenvalue weighted by Gasteiger charge is -2.25. The third-order valence-corrected chi connectivity index (χ3v) is 5.37. The molecule has 28 heavy (non-hydrogen) atoms. The van der Waals surface area contributed by atoms with Crippen LogP contribution < -0.4 is 5.32 Å². The van der Waals surface area contributed by atoms with E-state index in [9.17, 15) is 19.2 Å². The van der Waals surface area contributed by atoms with Crippen LogP contribution in [0.2, 0.25) is 0 Å². The summed E-state index contributed by atoms with van der Waals surface area (Å²) in [5.41, 5.74) is 1.59. The lowest BCUT2D eigenvalue weighted by molar-refractivity contribution is -0.116. The van der Waals surface area contributed by atoms with Gasteiger partial charge in [-0.3, -0.25) is 4.79 Å². The van der Waals surface area contributed by atoms with Crippen molar-refractivity contribution >= 4 is 28.3 Å². The smallest absolute Gasteiger partial charge is 0.410 e. The fourth-order valence-electron chi connectivity index (χ4n) is 2.87. The lowest BCUT2D eigenvalue weighted by Crippen LogP contribution is -2.35. The molecule has 2 heterocycles. The Bertz CT molecular complexity index is 867. The third kappa shape index (κ3) is 5.08. The second-order valence-corrected chi connectivity index (χ2v) is 7.18. The van der Waals surface area contributed by atoms with Crippen LogP contribution in [0.4, 0.5) is 14.2 Å². The zero-order valence-electron chi connectivity index (χ0n) is 15.7. The van der Waals surface area contributed by atoms with E-state index < -0.39 is 11.9 Å². The van der Waals surface area contributed by atoms with Crippen molar-refractivity contribution in [3.05, 3.63) is 52.7 Å². The molecule has 0 radical (unpaired) electrons. The standard InChI is InChI=1S/C20H22FN3O3S/c1-4-6-14(13(3)21)7-8-18(25)23-19-16(11-22)15-9-10-24(12-17(15)28-19)20(26)27-5-2/h4,6H,1,3,5,7-10,12H2,2H3,(H,23,25)/b14-6-. The molecule has 1 aromatic rings. The number of hydrogen-bond acceptors (Lipinski definition) is 5. The van der Waals surface area contributed by atoms with E-state index in [1.807, 2.05) is 0 Å². The molecule has 2 rings (SSSR count). The van der Waals surface area contributed by atoms with Gasteiger partial charge in [0.05, 0.1) is 18.7 Å². The number of nitriles is 1. The van der Waals surface area contributed by atoms with E-state index in [-0.39, 0.29) is 18.7 Å². The molecule has 0 spiro atoms. The predicted octanol–water partition coefficient (Wildman–Crippen LogP) is 4.45. The molecule has 8 heteroatoms. The van der Waals surface area contributed by atoms with Gasteiger partial charge in [-0.25, -0.2) is 9.18 Å². The van der Waals surface area contributed by atoms with Gasteiger partial charge in [-0.05, 0) is 30.9 Å². The van der Waals surface area contributed by atoms with Gasteiger partial charge in [-0.1, -0.05) is 25.3 Å². The maximum absolute atomic E-state index is 13.3. The summed E-state index contributed by atoms with van der Waals surface area (Å²) in [5, 5.41) is 12.7. The van der Waals surface area contributed by atoms with Crippen LogP contribution in [-0.4, -0.2) is 30.1 Å². The molecule has 0 aliphatic carbocycles. The second-order valence-electron chi connectivity index (χ2n) is 6.07. The summed E-state index contributed by atoms with van der Waals surface area (Å²) in [6, 6.07) is 2.14. The number of allylic oxidation sites excluding steroid dienone is 4. The number of nitrogens with one attached hydrogen (secondary N) is 1. The van der Waals surface area contributed by atoms with Crippen LogP contribution in [0, 0.1) is 11.3 Å². The Labute approximate surface area is 167 Å². The van der Waals surface area contributed by atoms with E-state index in [0.717, 1.165) is 10.4 Å². The molecule has 0 unspecified atom stereocenters. The molecule has 1 aliphatic rings. The lowest BCUT2D eigenvalue weighted by atomic mass is 10.0. The van der Waals surface area contributed by atoms with Gasteiger partial charge in [0.1, 0.15) is 16.9 Å².